The number of halogens is 2. The van der Waals surface area contributed by atoms with E-state index in [1.165, 1.54) is 6.07 Å². The van der Waals surface area contributed by atoms with Gasteiger partial charge >= 0.3 is 0 Å². The second kappa shape index (κ2) is 6.06. The first-order valence-electron chi connectivity index (χ1n) is 9.07. The Morgan fingerprint density at radius 1 is 1.21 bits per heavy atom. The third-order valence-corrected chi connectivity index (χ3v) is 6.45. The Hall–Kier alpha value is -1.00. The molecule has 1 saturated heterocycles. The molecule has 0 radical (unpaired) electrons. The summed E-state index contributed by atoms with van der Waals surface area (Å²) in [4.78, 5) is 2.23. The van der Waals surface area contributed by atoms with Crippen molar-refractivity contribution in [3.63, 3.8) is 0 Å². The summed E-state index contributed by atoms with van der Waals surface area (Å²) in [5, 5.41) is 11.9. The van der Waals surface area contributed by atoms with Gasteiger partial charge in [0.25, 0.3) is 0 Å². The molecule has 1 atom stereocenters. The summed E-state index contributed by atoms with van der Waals surface area (Å²) in [6, 6.07) is 1.26. The monoisotopic (exact) mass is 337 g/mol. The van der Waals surface area contributed by atoms with E-state index in [2.05, 4.69) is 11.9 Å². The normalized spacial score (nSPS) is 28.5. The summed E-state index contributed by atoms with van der Waals surface area (Å²) in [5.41, 5.74) is -0.834. The van der Waals surface area contributed by atoms with Crippen molar-refractivity contribution in [1.82, 2.24) is 4.90 Å². The summed E-state index contributed by atoms with van der Waals surface area (Å²) in [6.07, 6.45) is 3.66. The number of likely N-dealkylation sites (tertiary alicyclic amines) is 1. The fourth-order valence-electron chi connectivity index (χ4n) is 4.88. The van der Waals surface area contributed by atoms with Crippen LogP contribution in [0.2, 0.25) is 0 Å². The Morgan fingerprint density at radius 3 is 2.46 bits per heavy atom. The van der Waals surface area contributed by atoms with Crippen molar-refractivity contribution in [2.24, 2.45) is 11.3 Å². The predicted octanol–water partition coefficient (Wildman–Crippen LogP) is 4.17. The molecular formula is C20H29F2NO. The van der Waals surface area contributed by atoms with Gasteiger partial charge in [-0.25, -0.2) is 8.78 Å². The number of aryl methyl sites for hydroxylation is 1. The van der Waals surface area contributed by atoms with Gasteiger partial charge in [-0.15, -0.1) is 0 Å². The molecule has 134 valence electrons. The van der Waals surface area contributed by atoms with E-state index in [1.807, 2.05) is 13.8 Å². The van der Waals surface area contributed by atoms with Gasteiger partial charge in [0.15, 0.2) is 0 Å². The molecule has 4 heteroatoms. The van der Waals surface area contributed by atoms with Crippen LogP contribution >= 0.6 is 0 Å². The van der Waals surface area contributed by atoms with E-state index < -0.39 is 16.8 Å². The Bertz CT molecular complexity index is 635. The summed E-state index contributed by atoms with van der Waals surface area (Å²) in [7, 11) is 2.07. The van der Waals surface area contributed by atoms with Crippen molar-refractivity contribution < 1.29 is 13.9 Å². The number of fused-ring (bicyclic) bond motifs is 1. The lowest BCUT2D eigenvalue weighted by Gasteiger charge is -2.50. The summed E-state index contributed by atoms with van der Waals surface area (Å²) >= 11 is 0. The fourth-order valence-corrected chi connectivity index (χ4v) is 4.88. The first kappa shape index (κ1) is 17.8. The zero-order valence-corrected chi connectivity index (χ0v) is 15.3. The van der Waals surface area contributed by atoms with Gasteiger partial charge in [-0.1, -0.05) is 13.8 Å². The molecule has 0 amide bonds. The highest BCUT2D eigenvalue weighted by Gasteiger charge is 2.54. The number of hydrogen-bond acceptors (Lipinski definition) is 2. The van der Waals surface area contributed by atoms with Crippen LogP contribution in [-0.4, -0.2) is 30.1 Å². The van der Waals surface area contributed by atoms with Gasteiger partial charge in [0.1, 0.15) is 17.2 Å². The number of nitrogens with zero attached hydrogens (tertiary/aromatic N) is 1. The first-order valence-corrected chi connectivity index (χ1v) is 9.07. The van der Waals surface area contributed by atoms with E-state index in [-0.39, 0.29) is 17.3 Å². The molecule has 2 aliphatic rings. The van der Waals surface area contributed by atoms with Crippen molar-refractivity contribution in [3.8, 4) is 0 Å². The molecule has 1 aromatic rings. The highest BCUT2D eigenvalue weighted by atomic mass is 19.1. The van der Waals surface area contributed by atoms with Gasteiger partial charge in [0.05, 0.1) is 0 Å². The predicted molar refractivity (Wildman–Crippen MR) is 91.9 cm³/mol. The lowest BCUT2D eigenvalue weighted by molar-refractivity contribution is -0.137. The third kappa shape index (κ3) is 2.59. The molecular weight excluding hydrogens is 308 g/mol. The Balaban J connectivity index is 2.21. The molecule has 1 aromatic carbocycles. The van der Waals surface area contributed by atoms with E-state index in [1.54, 1.807) is 6.92 Å². The van der Waals surface area contributed by atoms with Gasteiger partial charge in [0.2, 0.25) is 0 Å². The van der Waals surface area contributed by atoms with Crippen LogP contribution in [0.15, 0.2) is 6.07 Å². The fraction of sp³-hybridized carbons (Fsp3) is 0.700. The molecule has 0 saturated carbocycles. The Kier molecular flexibility index (Phi) is 4.50. The minimum absolute atomic E-state index is 0.0443. The molecule has 0 bridgehead atoms. The molecule has 1 aliphatic heterocycles. The molecule has 2 nitrogen and oxygen atoms in total. The molecule has 1 heterocycles. The number of benzene rings is 1. The molecule has 3 rings (SSSR count). The van der Waals surface area contributed by atoms with E-state index in [0.717, 1.165) is 38.8 Å². The lowest BCUT2D eigenvalue weighted by atomic mass is 9.60. The second-order valence-electron chi connectivity index (χ2n) is 8.42. The molecule has 1 unspecified atom stereocenters. The van der Waals surface area contributed by atoms with E-state index in [4.69, 9.17) is 0 Å². The minimum atomic E-state index is -1.32. The summed E-state index contributed by atoms with van der Waals surface area (Å²) in [5.74, 6) is -0.826. The van der Waals surface area contributed by atoms with Crippen LogP contribution in [0.4, 0.5) is 8.78 Å². The number of rotatable bonds is 1. The first-order chi connectivity index (χ1) is 11.2. The molecule has 24 heavy (non-hydrogen) atoms. The maximum atomic E-state index is 15.0. The maximum absolute atomic E-state index is 15.0. The van der Waals surface area contributed by atoms with Crippen molar-refractivity contribution in [1.29, 1.82) is 0 Å². The largest absolute Gasteiger partial charge is 0.384 e. The summed E-state index contributed by atoms with van der Waals surface area (Å²) in [6.45, 7) is 7.39. The minimum Gasteiger partial charge on any atom is -0.384 e. The smallest absolute Gasteiger partial charge is 0.130 e. The highest BCUT2D eigenvalue weighted by Crippen LogP contribution is 2.54. The summed E-state index contributed by atoms with van der Waals surface area (Å²) < 4.78 is 29.8. The molecule has 0 aromatic heterocycles. The van der Waals surface area contributed by atoms with Gasteiger partial charge in [-0.3, -0.25) is 0 Å². The average molecular weight is 337 g/mol. The average Bonchev–Trinajstić information content (AvgIpc) is 2.61. The molecule has 1 aliphatic carbocycles. The van der Waals surface area contributed by atoms with Crippen molar-refractivity contribution in [2.45, 2.75) is 58.5 Å². The Morgan fingerprint density at radius 2 is 1.83 bits per heavy atom. The zero-order valence-electron chi connectivity index (χ0n) is 15.3. The SMILES string of the molecule is Cc1cc(F)c2c(c1F)CCCC(C)(C)C2(O)C1CCN(C)CC1. The standard InChI is InChI=1S/C20H29F2NO/c1-13-12-16(21)17-15(18(13)22)6-5-9-19(2,3)20(17,24)14-7-10-23(4)11-8-14/h12,14,24H,5-11H2,1-4H3. The van der Waals surface area contributed by atoms with Crippen LogP contribution in [0.5, 0.6) is 0 Å². The maximum Gasteiger partial charge on any atom is 0.130 e. The van der Waals surface area contributed by atoms with E-state index in [0.29, 0.717) is 17.5 Å². The quantitative estimate of drug-likeness (QED) is 0.778. The van der Waals surface area contributed by atoms with E-state index >= 15 is 4.39 Å². The third-order valence-electron chi connectivity index (χ3n) is 6.45. The highest BCUT2D eigenvalue weighted by molar-refractivity contribution is 5.41. The van der Waals surface area contributed by atoms with Crippen molar-refractivity contribution in [3.05, 3.63) is 34.4 Å². The van der Waals surface area contributed by atoms with Crippen molar-refractivity contribution in [2.75, 3.05) is 20.1 Å². The van der Waals surface area contributed by atoms with Gasteiger partial charge in [-0.05, 0) is 87.7 Å². The number of hydrogen-bond donors (Lipinski definition) is 1. The van der Waals surface area contributed by atoms with Gasteiger partial charge in [-0.2, -0.15) is 0 Å². The molecule has 0 spiro atoms. The van der Waals surface area contributed by atoms with Crippen molar-refractivity contribution >= 4 is 0 Å². The van der Waals surface area contributed by atoms with Crippen LogP contribution in [0.1, 0.15) is 56.2 Å². The van der Waals surface area contributed by atoms with Crippen LogP contribution in [0.25, 0.3) is 0 Å². The second-order valence-corrected chi connectivity index (χ2v) is 8.42. The van der Waals surface area contributed by atoms with Crippen LogP contribution in [0.3, 0.4) is 0 Å². The lowest BCUT2D eigenvalue weighted by Crippen LogP contribution is -2.51. The van der Waals surface area contributed by atoms with Crippen LogP contribution in [-0.2, 0) is 12.0 Å². The molecule has 1 N–H and O–H groups in total. The van der Waals surface area contributed by atoms with Crippen LogP contribution < -0.4 is 0 Å². The van der Waals surface area contributed by atoms with E-state index in [9.17, 15) is 9.50 Å². The van der Waals surface area contributed by atoms with Gasteiger partial charge in [0, 0.05) is 5.56 Å². The zero-order chi connectivity index (χ0) is 17.7. The molecule has 1 fully saturated rings. The van der Waals surface area contributed by atoms with Crippen LogP contribution in [0, 0.1) is 29.9 Å². The number of aliphatic hydroxyl groups is 1. The number of piperidine rings is 1. The van der Waals surface area contributed by atoms with Gasteiger partial charge < -0.3 is 10.0 Å². The topological polar surface area (TPSA) is 23.5 Å². The Labute approximate surface area is 143 Å².